The van der Waals surface area contributed by atoms with Crippen molar-refractivity contribution in [1.82, 2.24) is 9.55 Å². The number of benzene rings is 1. The molecule has 3 atom stereocenters. The molecule has 4 rings (SSSR count). The lowest BCUT2D eigenvalue weighted by atomic mass is 10.2. The van der Waals surface area contributed by atoms with Crippen LogP contribution in [0.4, 0.5) is 5.82 Å². The Morgan fingerprint density at radius 2 is 2.00 bits per heavy atom. The van der Waals surface area contributed by atoms with Crippen LogP contribution in [0, 0.1) is 0 Å². The largest absolute Gasteiger partial charge is 0.460 e. The molecule has 2 aliphatic heterocycles. The highest BCUT2D eigenvalue weighted by molar-refractivity contribution is 9.00. The van der Waals surface area contributed by atoms with Gasteiger partial charge in [0.1, 0.15) is 24.3 Å². The molecule has 3 heterocycles. The molecule has 1 aromatic carbocycles. The average Bonchev–Trinajstić information content (AvgIpc) is 3.39. The van der Waals surface area contributed by atoms with Gasteiger partial charge in [-0.2, -0.15) is 4.98 Å². The van der Waals surface area contributed by atoms with Crippen LogP contribution in [0.25, 0.3) is 0 Å². The molecule has 0 saturated carbocycles. The maximum absolute atomic E-state index is 12.7. The van der Waals surface area contributed by atoms with E-state index in [4.69, 9.17) is 25.8 Å². The van der Waals surface area contributed by atoms with Gasteiger partial charge in [0.2, 0.25) is 0 Å². The molecule has 9 nitrogen and oxygen atoms in total. The third kappa shape index (κ3) is 6.26. The fraction of sp³-hybridized carbons (Fsp3) is 0.400. The van der Waals surface area contributed by atoms with Crippen LogP contribution >= 0.6 is 27.4 Å². The normalized spacial score (nSPS) is 23.8. The first kappa shape index (κ1) is 24.4. The summed E-state index contributed by atoms with van der Waals surface area (Å²) in [7, 11) is 0. The minimum absolute atomic E-state index is 0.132. The predicted octanol–water partition coefficient (Wildman–Crippen LogP) is 3.44. The fourth-order valence-corrected chi connectivity index (χ4v) is 12.3. The summed E-state index contributed by atoms with van der Waals surface area (Å²) < 4.78 is 16.7. The van der Waals surface area contributed by atoms with E-state index in [9.17, 15) is 14.4 Å². The van der Waals surface area contributed by atoms with Gasteiger partial charge in [-0.1, -0.05) is 41.0 Å². The van der Waals surface area contributed by atoms with Gasteiger partial charge in [0.05, 0.1) is 6.61 Å². The van der Waals surface area contributed by atoms with Gasteiger partial charge < -0.3 is 19.3 Å². The quantitative estimate of drug-likeness (QED) is 0.425. The number of carbonyl (C=O) groups is 2. The van der Waals surface area contributed by atoms with Gasteiger partial charge in [-0.25, -0.2) is 4.79 Å². The minimum Gasteiger partial charge on any atom is -0.460 e. The lowest BCUT2D eigenvalue weighted by Crippen LogP contribution is -2.30. The molecule has 1 N–H and O–H groups in total. The molecule has 0 unspecified atom stereocenters. The summed E-state index contributed by atoms with van der Waals surface area (Å²) in [6, 6.07) is 10.2. The van der Waals surface area contributed by atoms with Crippen LogP contribution in [0.2, 0.25) is 0 Å². The molecule has 176 valence electrons. The van der Waals surface area contributed by atoms with Gasteiger partial charge in [0.25, 0.3) is 5.91 Å². The van der Waals surface area contributed by atoms with Crippen LogP contribution in [0.1, 0.15) is 29.9 Å². The number of hydrogen-bond donors (Lipinski definition) is 1. The van der Waals surface area contributed by atoms with Crippen LogP contribution < -0.4 is 11.0 Å². The Kier molecular flexibility index (Phi) is 7.93. The number of amides is 1. The maximum Gasteiger partial charge on any atom is 0.351 e. The maximum atomic E-state index is 12.7. The highest BCUT2D eigenvalue weighted by Crippen LogP contribution is 2.74. The third-order valence-electron chi connectivity index (χ3n) is 4.89. The monoisotopic (exact) mass is 527 g/mol. The van der Waals surface area contributed by atoms with Gasteiger partial charge >= 0.3 is 11.7 Å². The van der Waals surface area contributed by atoms with E-state index < -0.39 is 34.8 Å². The molecule has 2 fully saturated rings. The molecule has 0 aliphatic carbocycles. The number of nitrogens with zero attached hydrogens (tertiary/aromatic N) is 2. The van der Waals surface area contributed by atoms with E-state index >= 15 is 0 Å². The van der Waals surface area contributed by atoms with E-state index in [-0.39, 0.29) is 24.8 Å². The molecule has 2 saturated heterocycles. The molecule has 2 aliphatic rings. The second-order valence-corrected chi connectivity index (χ2v) is 18.0. The molecule has 0 spiro atoms. The van der Waals surface area contributed by atoms with Crippen molar-refractivity contribution >= 4 is 56.9 Å². The molecule has 2 aromatic rings. The van der Waals surface area contributed by atoms with Crippen molar-refractivity contribution in [3.63, 3.8) is 0 Å². The van der Waals surface area contributed by atoms with Crippen molar-refractivity contribution in [2.75, 3.05) is 23.4 Å². The summed E-state index contributed by atoms with van der Waals surface area (Å²) >= 11 is 8.91. The van der Waals surface area contributed by atoms with Crippen molar-refractivity contribution in [3.05, 3.63) is 58.6 Å². The van der Waals surface area contributed by atoms with E-state index in [0.717, 1.165) is 11.5 Å². The Bertz CT molecular complexity index is 1120. The lowest BCUT2D eigenvalue weighted by Gasteiger charge is -2.21. The zero-order valence-corrected chi connectivity index (χ0v) is 21.0. The summed E-state index contributed by atoms with van der Waals surface area (Å²) in [5.41, 5.74) is -0.140. The third-order valence-corrected chi connectivity index (χ3v) is 14.8. The van der Waals surface area contributed by atoms with Crippen molar-refractivity contribution in [3.8, 4) is 0 Å². The zero-order chi connectivity index (χ0) is 23.4. The predicted molar refractivity (Wildman–Crippen MR) is 132 cm³/mol. The van der Waals surface area contributed by atoms with E-state index in [1.807, 2.05) is 0 Å². The molecular formula is C20H22N3O6PS3. The summed E-state index contributed by atoms with van der Waals surface area (Å²) in [4.78, 5) is 40.5. The van der Waals surface area contributed by atoms with Gasteiger partial charge in [0, 0.05) is 36.6 Å². The number of esters is 1. The molecule has 1 aromatic heterocycles. The molecule has 0 bridgehead atoms. The smallest absolute Gasteiger partial charge is 0.351 e. The summed E-state index contributed by atoms with van der Waals surface area (Å²) in [5.74, 6) is 1.24. The Hall–Kier alpha value is -1.69. The first-order valence-electron chi connectivity index (χ1n) is 10.1. The van der Waals surface area contributed by atoms with Gasteiger partial charge in [-0.3, -0.25) is 14.2 Å². The van der Waals surface area contributed by atoms with Crippen molar-refractivity contribution in [2.45, 2.75) is 31.8 Å². The Labute approximate surface area is 203 Å². The lowest BCUT2D eigenvalue weighted by molar-refractivity contribution is -0.150. The highest BCUT2D eigenvalue weighted by atomic mass is 33.2. The first-order chi connectivity index (χ1) is 15.8. The SMILES string of the molecule is CC(=O)O[C@H]1C[C@H](n2ccc(NC(=O)c3ccccc3)nc2=O)O[C@@H]1COP1(=S)SCCS1. The average molecular weight is 528 g/mol. The zero-order valence-electron chi connectivity index (χ0n) is 17.6. The number of aromatic nitrogens is 2. The van der Waals surface area contributed by atoms with Crippen molar-refractivity contribution < 1.29 is 23.6 Å². The molecule has 13 heteroatoms. The minimum atomic E-state index is -2.01. The van der Waals surface area contributed by atoms with Crippen molar-refractivity contribution in [2.24, 2.45) is 0 Å². The highest BCUT2D eigenvalue weighted by Gasteiger charge is 2.40. The Balaban J connectivity index is 1.44. The van der Waals surface area contributed by atoms with E-state index in [1.54, 1.807) is 53.1 Å². The molecule has 33 heavy (non-hydrogen) atoms. The van der Waals surface area contributed by atoms with Crippen LogP contribution in [0.15, 0.2) is 47.4 Å². The summed E-state index contributed by atoms with van der Waals surface area (Å²) in [5, 5.41) is 2.61. The van der Waals surface area contributed by atoms with Gasteiger partial charge in [-0.15, -0.1) is 0 Å². The van der Waals surface area contributed by atoms with Crippen LogP contribution in [0.5, 0.6) is 0 Å². The number of rotatable bonds is 7. The standard InChI is InChI=1S/C20H22N3O6PS3/c1-13(24)28-15-11-18(29-16(15)12-27-30(31)32-9-10-33-30)23-8-7-17(22-20(23)26)21-19(25)14-5-3-2-4-6-14/h2-8,15-16,18H,9-12H2,1H3,(H,21,22,25,26)/t15-,16+,18+/m0/s1. The number of nitrogens with one attached hydrogen (secondary N) is 1. The Morgan fingerprint density at radius 1 is 1.27 bits per heavy atom. The Morgan fingerprint density at radius 3 is 2.67 bits per heavy atom. The first-order valence-corrected chi connectivity index (χ1v) is 16.0. The van der Waals surface area contributed by atoms with Crippen LogP contribution in [0.3, 0.4) is 0 Å². The van der Waals surface area contributed by atoms with Crippen LogP contribution in [-0.4, -0.2) is 51.7 Å². The number of ether oxygens (including phenoxy) is 2. The van der Waals surface area contributed by atoms with Gasteiger partial charge in [0.15, 0.2) is 4.67 Å². The fourth-order valence-electron chi connectivity index (χ4n) is 3.41. The summed E-state index contributed by atoms with van der Waals surface area (Å²) in [6.45, 7) is 1.51. The van der Waals surface area contributed by atoms with E-state index in [2.05, 4.69) is 10.3 Å². The van der Waals surface area contributed by atoms with Gasteiger partial charge in [-0.05, 0) is 30.0 Å². The molecule has 0 radical (unpaired) electrons. The van der Waals surface area contributed by atoms with E-state index in [0.29, 0.717) is 5.56 Å². The van der Waals surface area contributed by atoms with Crippen molar-refractivity contribution in [1.29, 1.82) is 0 Å². The molecular weight excluding hydrogens is 505 g/mol. The number of carbonyl (C=O) groups excluding carboxylic acids is 2. The summed E-state index contributed by atoms with van der Waals surface area (Å²) in [6.07, 6.45) is -0.0430. The second kappa shape index (κ2) is 10.7. The topological polar surface area (TPSA) is 109 Å². The number of hydrogen-bond acceptors (Lipinski definition) is 10. The van der Waals surface area contributed by atoms with E-state index in [1.165, 1.54) is 23.8 Å². The molecule has 1 amide bonds. The second-order valence-electron chi connectivity index (χ2n) is 7.24. The number of anilines is 1. The van der Waals surface area contributed by atoms with Crippen LogP contribution in [-0.2, 0) is 30.6 Å².